The monoisotopic (exact) mass is 319 g/mol. The Kier molecular flexibility index (Phi) is 12.3. The highest BCUT2D eigenvalue weighted by atomic mass is 32.1. The molecule has 0 atom stereocenters. The van der Waals surface area contributed by atoms with E-state index in [9.17, 15) is 4.79 Å². The number of aliphatic imine (C=N–C) groups is 2. The summed E-state index contributed by atoms with van der Waals surface area (Å²) in [6.07, 6.45) is 4.49. The number of nitrogens with zero attached hydrogens (tertiary/aromatic N) is 5. The quantitative estimate of drug-likeness (QED) is 0.493. The van der Waals surface area contributed by atoms with Crippen molar-refractivity contribution in [3.8, 4) is 0 Å². The smallest absolute Gasteiger partial charge is 0.160 e. The van der Waals surface area contributed by atoms with Crippen molar-refractivity contribution in [3.05, 3.63) is 24.3 Å². The molecule has 0 spiro atoms. The van der Waals surface area contributed by atoms with E-state index in [0.717, 1.165) is 24.0 Å². The van der Waals surface area contributed by atoms with Crippen molar-refractivity contribution < 1.29 is 4.79 Å². The van der Waals surface area contributed by atoms with Crippen LogP contribution in [0.3, 0.4) is 0 Å². The van der Waals surface area contributed by atoms with Gasteiger partial charge in [0, 0.05) is 32.2 Å². The zero-order chi connectivity index (χ0) is 16.6. The van der Waals surface area contributed by atoms with Crippen molar-refractivity contribution in [3.63, 3.8) is 0 Å². The number of para-hydroxylation sites is 1. The summed E-state index contributed by atoms with van der Waals surface area (Å²) in [4.78, 5) is 16.2. The predicted octanol–water partition coefficient (Wildman–Crippen LogP) is 2.41. The molecule has 0 radical (unpaired) electrons. The fourth-order valence-corrected chi connectivity index (χ4v) is 1.54. The molecule has 0 saturated carbocycles. The summed E-state index contributed by atoms with van der Waals surface area (Å²) in [7, 11) is 3.23. The molecular formula is C15H21N5OS. The van der Waals surface area contributed by atoms with Crippen molar-refractivity contribution >= 4 is 47.3 Å². The molecule has 0 fully saturated rings. The minimum atomic E-state index is 0.639. The molecule has 0 aliphatic carbocycles. The maximum absolute atomic E-state index is 9.26. The summed E-state index contributed by atoms with van der Waals surface area (Å²) in [6, 6.07) is 8.02. The van der Waals surface area contributed by atoms with Crippen LogP contribution < -0.4 is 0 Å². The first-order chi connectivity index (χ1) is 10.7. The summed E-state index contributed by atoms with van der Waals surface area (Å²) in [6.45, 7) is 3.08. The van der Waals surface area contributed by atoms with Crippen LogP contribution in [0.1, 0.15) is 13.3 Å². The molecule has 0 aliphatic heterocycles. The normalized spacial score (nSPS) is 9.95. The molecule has 2 rings (SSSR count). The number of carbonyl (C=O) groups is 1. The summed E-state index contributed by atoms with van der Waals surface area (Å²) in [5.74, 6) is 0. The van der Waals surface area contributed by atoms with Gasteiger partial charge >= 0.3 is 0 Å². The molecule has 0 N–H and O–H groups in total. The minimum Gasteiger partial charge on any atom is -0.297 e. The number of aryl methyl sites for hydroxylation is 1. The molecule has 22 heavy (non-hydrogen) atoms. The van der Waals surface area contributed by atoms with Crippen LogP contribution in [0, 0.1) is 0 Å². The summed E-state index contributed by atoms with van der Waals surface area (Å²) >= 11 is 4.38. The second-order valence-electron chi connectivity index (χ2n) is 3.89. The van der Waals surface area contributed by atoms with Crippen molar-refractivity contribution in [1.82, 2.24) is 15.0 Å². The van der Waals surface area contributed by atoms with Crippen molar-refractivity contribution in [2.75, 3.05) is 14.1 Å². The molecule has 118 valence electrons. The number of rotatable bonds is 4. The SMILES string of the molecule is CCCn1nnc2ccccc21.CN=CC=O.CN=CC=S. The first-order valence-electron chi connectivity index (χ1n) is 6.75. The molecule has 1 heterocycles. The molecule has 1 aromatic carbocycles. The zero-order valence-electron chi connectivity index (χ0n) is 13.1. The Morgan fingerprint density at radius 1 is 1.23 bits per heavy atom. The second-order valence-corrected chi connectivity index (χ2v) is 4.16. The number of aromatic nitrogens is 3. The van der Waals surface area contributed by atoms with E-state index in [1.165, 1.54) is 11.6 Å². The lowest BCUT2D eigenvalue weighted by Crippen LogP contribution is -1.98. The lowest BCUT2D eigenvalue weighted by molar-refractivity contribution is -0.102. The van der Waals surface area contributed by atoms with Crippen molar-refractivity contribution in [2.24, 2.45) is 9.98 Å². The van der Waals surface area contributed by atoms with Crippen LogP contribution in [0.15, 0.2) is 34.3 Å². The lowest BCUT2D eigenvalue weighted by atomic mass is 10.3. The van der Waals surface area contributed by atoms with Crippen LogP contribution >= 0.6 is 12.2 Å². The molecule has 0 amide bonds. The first kappa shape index (κ1) is 19.7. The van der Waals surface area contributed by atoms with Crippen LogP contribution in [0.4, 0.5) is 0 Å². The lowest BCUT2D eigenvalue weighted by Gasteiger charge is -1.96. The number of hydrogen-bond acceptors (Lipinski definition) is 6. The van der Waals surface area contributed by atoms with Gasteiger partial charge in [0.15, 0.2) is 6.29 Å². The average molecular weight is 319 g/mol. The molecule has 0 unspecified atom stereocenters. The van der Waals surface area contributed by atoms with Crippen molar-refractivity contribution in [2.45, 2.75) is 19.9 Å². The van der Waals surface area contributed by atoms with Gasteiger partial charge in [-0.25, -0.2) is 4.68 Å². The van der Waals surface area contributed by atoms with Crippen LogP contribution in [-0.4, -0.2) is 53.2 Å². The van der Waals surface area contributed by atoms with Gasteiger partial charge in [0.2, 0.25) is 0 Å². The Labute approximate surface area is 136 Å². The van der Waals surface area contributed by atoms with Crippen LogP contribution in [0.2, 0.25) is 0 Å². The predicted molar refractivity (Wildman–Crippen MR) is 96.4 cm³/mol. The highest BCUT2D eigenvalue weighted by Gasteiger charge is 2.00. The molecule has 0 bridgehead atoms. The van der Waals surface area contributed by atoms with E-state index in [-0.39, 0.29) is 0 Å². The number of thiocarbonyl (C=S) groups is 1. The summed E-state index contributed by atoms with van der Waals surface area (Å²) < 4.78 is 1.94. The number of hydrogen-bond donors (Lipinski definition) is 0. The van der Waals surface area contributed by atoms with Gasteiger partial charge in [-0.05, 0) is 18.6 Å². The molecular weight excluding hydrogens is 298 g/mol. The number of benzene rings is 1. The Morgan fingerprint density at radius 3 is 2.36 bits per heavy atom. The molecule has 0 aliphatic rings. The van der Waals surface area contributed by atoms with E-state index in [2.05, 4.69) is 39.4 Å². The number of carbonyl (C=O) groups excluding carboxylic acids is 1. The Bertz CT molecular complexity index is 591. The fourth-order valence-electron chi connectivity index (χ4n) is 1.42. The van der Waals surface area contributed by atoms with Gasteiger partial charge in [-0.3, -0.25) is 14.8 Å². The topological polar surface area (TPSA) is 72.5 Å². The largest absolute Gasteiger partial charge is 0.297 e. The Morgan fingerprint density at radius 2 is 1.91 bits per heavy atom. The van der Waals surface area contributed by atoms with Gasteiger partial charge in [0.1, 0.15) is 5.52 Å². The third-order valence-corrected chi connectivity index (χ3v) is 2.40. The summed E-state index contributed by atoms with van der Waals surface area (Å²) in [5.41, 5.74) is 2.10. The molecule has 6 nitrogen and oxygen atoms in total. The van der Waals surface area contributed by atoms with Gasteiger partial charge in [-0.2, -0.15) is 0 Å². The molecule has 7 heteroatoms. The highest BCUT2D eigenvalue weighted by Crippen LogP contribution is 2.09. The van der Waals surface area contributed by atoms with E-state index in [1.807, 2.05) is 28.9 Å². The average Bonchev–Trinajstić information content (AvgIpc) is 2.94. The van der Waals surface area contributed by atoms with Gasteiger partial charge in [-0.1, -0.05) is 36.5 Å². The Hall–Kier alpha value is -2.28. The van der Waals surface area contributed by atoms with Crippen LogP contribution in [0.5, 0.6) is 0 Å². The maximum atomic E-state index is 9.26. The van der Waals surface area contributed by atoms with Crippen LogP contribution in [0.25, 0.3) is 11.0 Å². The fraction of sp³-hybridized carbons (Fsp3) is 0.333. The number of aldehydes is 1. The first-order valence-corrected chi connectivity index (χ1v) is 7.22. The van der Waals surface area contributed by atoms with Gasteiger partial charge in [0.25, 0.3) is 0 Å². The van der Waals surface area contributed by atoms with E-state index in [0.29, 0.717) is 6.29 Å². The maximum Gasteiger partial charge on any atom is 0.160 e. The van der Waals surface area contributed by atoms with E-state index >= 15 is 0 Å². The third-order valence-electron chi connectivity index (χ3n) is 2.28. The molecule has 0 saturated heterocycles. The van der Waals surface area contributed by atoms with Crippen molar-refractivity contribution in [1.29, 1.82) is 0 Å². The highest BCUT2D eigenvalue weighted by molar-refractivity contribution is 7.80. The van der Waals surface area contributed by atoms with E-state index < -0.39 is 0 Å². The summed E-state index contributed by atoms with van der Waals surface area (Å²) in [5, 5.41) is 9.57. The van der Waals surface area contributed by atoms with Gasteiger partial charge in [-0.15, -0.1) is 5.10 Å². The van der Waals surface area contributed by atoms with Gasteiger partial charge < -0.3 is 0 Å². The second kappa shape index (κ2) is 13.7. The molecule has 2 aromatic rings. The van der Waals surface area contributed by atoms with Crippen LogP contribution in [-0.2, 0) is 11.3 Å². The number of fused-ring (bicyclic) bond motifs is 1. The third kappa shape index (κ3) is 8.11. The van der Waals surface area contributed by atoms with E-state index in [4.69, 9.17) is 0 Å². The zero-order valence-corrected chi connectivity index (χ0v) is 13.9. The molecule has 1 aromatic heterocycles. The van der Waals surface area contributed by atoms with Gasteiger partial charge in [0.05, 0.1) is 11.7 Å². The van der Waals surface area contributed by atoms with E-state index in [1.54, 1.807) is 20.3 Å². The minimum absolute atomic E-state index is 0.639. The standard InChI is InChI=1S/C9H11N3.C3H5NO.C3H5NS/c1-2-7-12-9-6-4-3-5-8(9)10-11-12;2*1-4-2-3-5/h3-6H,2,7H2,1H3;2*2-3H,1H3. The Balaban J connectivity index is 0.000000372.